The van der Waals surface area contributed by atoms with E-state index in [-0.39, 0.29) is 12.5 Å². The standard InChI is InChI=1S/C14H16N4O2/c15-9-12-3-1-2-4-13(12)16-10-14(20)18-7-5-17(11-19)6-8-18/h1-4,11,16H,5-8,10H2. The van der Waals surface area contributed by atoms with Gasteiger partial charge in [-0.1, -0.05) is 12.1 Å². The minimum Gasteiger partial charge on any atom is -0.375 e. The molecule has 6 nitrogen and oxygen atoms in total. The zero-order valence-corrected chi connectivity index (χ0v) is 11.1. The highest BCUT2D eigenvalue weighted by atomic mass is 16.2. The fraction of sp³-hybridized carbons (Fsp3) is 0.357. The number of nitrogens with zero attached hydrogens (tertiary/aromatic N) is 3. The second-order valence-corrected chi connectivity index (χ2v) is 4.53. The van der Waals surface area contributed by atoms with Crippen molar-refractivity contribution in [3.8, 4) is 6.07 Å². The highest BCUT2D eigenvalue weighted by Crippen LogP contribution is 2.13. The second-order valence-electron chi connectivity index (χ2n) is 4.53. The van der Waals surface area contributed by atoms with Crippen molar-refractivity contribution in [3.05, 3.63) is 29.8 Å². The van der Waals surface area contributed by atoms with Gasteiger partial charge in [-0.2, -0.15) is 5.26 Å². The molecule has 0 saturated carbocycles. The van der Waals surface area contributed by atoms with Crippen LogP contribution in [0.4, 0.5) is 5.69 Å². The maximum Gasteiger partial charge on any atom is 0.241 e. The van der Waals surface area contributed by atoms with Crippen molar-refractivity contribution in [3.63, 3.8) is 0 Å². The molecule has 104 valence electrons. The molecule has 0 spiro atoms. The lowest BCUT2D eigenvalue weighted by Gasteiger charge is -2.32. The molecule has 1 aromatic rings. The molecule has 0 unspecified atom stereocenters. The van der Waals surface area contributed by atoms with Gasteiger partial charge in [0.2, 0.25) is 12.3 Å². The molecular formula is C14H16N4O2. The Labute approximate surface area is 117 Å². The Kier molecular flexibility index (Phi) is 4.56. The first-order chi connectivity index (χ1) is 9.74. The van der Waals surface area contributed by atoms with Crippen molar-refractivity contribution in [1.82, 2.24) is 9.80 Å². The zero-order chi connectivity index (χ0) is 14.4. The number of carbonyl (C=O) groups excluding carboxylic acids is 2. The average molecular weight is 272 g/mol. The maximum atomic E-state index is 12.0. The summed E-state index contributed by atoms with van der Waals surface area (Å²) in [5, 5.41) is 12.0. The minimum absolute atomic E-state index is 0.0247. The minimum atomic E-state index is -0.0247. The maximum absolute atomic E-state index is 12.0. The van der Waals surface area contributed by atoms with Crippen molar-refractivity contribution in [2.45, 2.75) is 0 Å². The number of carbonyl (C=O) groups is 2. The van der Waals surface area contributed by atoms with E-state index in [0.717, 1.165) is 6.41 Å². The van der Waals surface area contributed by atoms with E-state index in [0.29, 0.717) is 37.4 Å². The lowest BCUT2D eigenvalue weighted by atomic mass is 10.2. The number of para-hydroxylation sites is 1. The van der Waals surface area contributed by atoms with Crippen LogP contribution in [0.15, 0.2) is 24.3 Å². The largest absolute Gasteiger partial charge is 0.375 e. The van der Waals surface area contributed by atoms with Crippen molar-refractivity contribution in [1.29, 1.82) is 5.26 Å². The number of hydrogen-bond acceptors (Lipinski definition) is 4. The average Bonchev–Trinajstić information content (AvgIpc) is 2.53. The van der Waals surface area contributed by atoms with Gasteiger partial charge in [-0.3, -0.25) is 9.59 Å². The van der Waals surface area contributed by atoms with Gasteiger partial charge in [-0.25, -0.2) is 0 Å². The first-order valence-corrected chi connectivity index (χ1v) is 6.44. The molecule has 6 heteroatoms. The highest BCUT2D eigenvalue weighted by molar-refractivity contribution is 5.81. The monoisotopic (exact) mass is 272 g/mol. The fourth-order valence-electron chi connectivity index (χ4n) is 2.09. The normalized spacial score (nSPS) is 14.6. The third-order valence-corrected chi connectivity index (χ3v) is 3.29. The van der Waals surface area contributed by atoms with Gasteiger partial charge in [0.05, 0.1) is 17.8 Å². The molecule has 2 rings (SSSR count). The topological polar surface area (TPSA) is 76.4 Å². The molecule has 1 aliphatic heterocycles. The van der Waals surface area contributed by atoms with Crippen molar-refractivity contribution >= 4 is 18.0 Å². The molecule has 0 aromatic heterocycles. The number of nitrogens with one attached hydrogen (secondary N) is 1. The molecule has 0 bridgehead atoms. The lowest BCUT2D eigenvalue weighted by molar-refractivity contribution is -0.133. The molecule has 1 aromatic carbocycles. The predicted octanol–water partition coefficient (Wildman–Crippen LogP) is 0.271. The summed E-state index contributed by atoms with van der Waals surface area (Å²) in [5.74, 6) is -0.0247. The zero-order valence-electron chi connectivity index (χ0n) is 11.1. The smallest absolute Gasteiger partial charge is 0.241 e. The van der Waals surface area contributed by atoms with E-state index in [1.807, 2.05) is 6.07 Å². The molecule has 1 N–H and O–H groups in total. The van der Waals surface area contributed by atoms with Gasteiger partial charge < -0.3 is 15.1 Å². The first-order valence-electron chi connectivity index (χ1n) is 6.44. The summed E-state index contributed by atoms with van der Waals surface area (Å²) in [6.07, 6.45) is 0.809. The van der Waals surface area contributed by atoms with Crippen LogP contribution < -0.4 is 5.32 Å². The van der Waals surface area contributed by atoms with Crippen LogP contribution in [-0.4, -0.2) is 54.8 Å². The summed E-state index contributed by atoms with van der Waals surface area (Å²) in [6.45, 7) is 2.41. The van der Waals surface area contributed by atoms with Crippen molar-refractivity contribution in [2.24, 2.45) is 0 Å². The number of rotatable bonds is 4. The van der Waals surface area contributed by atoms with Crippen LogP contribution in [0.2, 0.25) is 0 Å². The van der Waals surface area contributed by atoms with Crippen molar-refractivity contribution in [2.75, 3.05) is 38.0 Å². The van der Waals surface area contributed by atoms with E-state index in [1.54, 1.807) is 28.0 Å². The summed E-state index contributed by atoms with van der Waals surface area (Å²) >= 11 is 0. The predicted molar refractivity (Wildman–Crippen MR) is 73.9 cm³/mol. The number of benzene rings is 1. The van der Waals surface area contributed by atoms with E-state index in [2.05, 4.69) is 11.4 Å². The van der Waals surface area contributed by atoms with E-state index in [4.69, 9.17) is 5.26 Å². The summed E-state index contributed by atoms with van der Waals surface area (Å²) in [7, 11) is 0. The molecule has 1 fully saturated rings. The Hall–Kier alpha value is -2.55. The van der Waals surface area contributed by atoms with Crippen LogP contribution in [0.1, 0.15) is 5.56 Å². The summed E-state index contributed by atoms with van der Waals surface area (Å²) in [6, 6.07) is 9.16. The van der Waals surface area contributed by atoms with E-state index in [9.17, 15) is 9.59 Å². The molecule has 20 heavy (non-hydrogen) atoms. The van der Waals surface area contributed by atoms with Gasteiger partial charge in [-0.15, -0.1) is 0 Å². The molecule has 0 radical (unpaired) electrons. The Balaban J connectivity index is 1.87. The van der Waals surface area contributed by atoms with Crippen LogP contribution in [0.3, 0.4) is 0 Å². The van der Waals surface area contributed by atoms with Crippen LogP contribution in [-0.2, 0) is 9.59 Å². The van der Waals surface area contributed by atoms with Gasteiger partial charge in [0.25, 0.3) is 0 Å². The van der Waals surface area contributed by atoms with Crippen LogP contribution in [0, 0.1) is 11.3 Å². The van der Waals surface area contributed by atoms with Crippen LogP contribution in [0.5, 0.6) is 0 Å². The molecule has 1 aliphatic rings. The number of piperazine rings is 1. The van der Waals surface area contributed by atoms with E-state index in [1.165, 1.54) is 0 Å². The summed E-state index contributed by atoms with van der Waals surface area (Å²) < 4.78 is 0. The number of anilines is 1. The van der Waals surface area contributed by atoms with Crippen LogP contribution in [0.25, 0.3) is 0 Å². The highest BCUT2D eigenvalue weighted by Gasteiger charge is 2.19. The molecule has 0 aliphatic carbocycles. The quantitative estimate of drug-likeness (QED) is 0.798. The Morgan fingerprint density at radius 3 is 2.65 bits per heavy atom. The number of hydrogen-bond donors (Lipinski definition) is 1. The summed E-state index contributed by atoms with van der Waals surface area (Å²) in [5.41, 5.74) is 1.18. The third kappa shape index (κ3) is 3.26. The number of nitriles is 1. The molecule has 1 heterocycles. The van der Waals surface area contributed by atoms with Crippen molar-refractivity contribution < 1.29 is 9.59 Å². The van der Waals surface area contributed by atoms with E-state index >= 15 is 0 Å². The molecule has 2 amide bonds. The SMILES string of the molecule is N#Cc1ccccc1NCC(=O)N1CCN(C=O)CC1. The molecular weight excluding hydrogens is 256 g/mol. The molecule has 1 saturated heterocycles. The first kappa shape index (κ1) is 13.9. The van der Waals surface area contributed by atoms with E-state index < -0.39 is 0 Å². The second kappa shape index (κ2) is 6.57. The Bertz CT molecular complexity index is 530. The van der Waals surface area contributed by atoms with Crippen LogP contribution >= 0.6 is 0 Å². The Morgan fingerprint density at radius 1 is 1.30 bits per heavy atom. The Morgan fingerprint density at radius 2 is 2.00 bits per heavy atom. The van der Waals surface area contributed by atoms with Gasteiger partial charge in [-0.05, 0) is 12.1 Å². The lowest BCUT2D eigenvalue weighted by Crippen LogP contribution is -2.49. The van der Waals surface area contributed by atoms with Gasteiger partial charge in [0, 0.05) is 26.2 Å². The van der Waals surface area contributed by atoms with Gasteiger partial charge in [0.1, 0.15) is 6.07 Å². The third-order valence-electron chi connectivity index (χ3n) is 3.29. The fourth-order valence-corrected chi connectivity index (χ4v) is 2.09. The van der Waals surface area contributed by atoms with Gasteiger partial charge in [0.15, 0.2) is 0 Å². The summed E-state index contributed by atoms with van der Waals surface area (Å²) in [4.78, 5) is 26.0. The molecule has 0 atom stereocenters. The van der Waals surface area contributed by atoms with Gasteiger partial charge >= 0.3 is 0 Å². The number of amides is 2.